The lowest BCUT2D eigenvalue weighted by Gasteiger charge is -2.20. The Morgan fingerprint density at radius 1 is 1.29 bits per heavy atom. The standard InChI is InChI=1S/C16H19F2NO2/c1-2-11-3-6-16(21)19(8-7-11)10-15(20)12-4-5-13(17)14(18)9-12/h4-5,9,11H,2-3,6-8,10H2,1H3. The second-order valence-electron chi connectivity index (χ2n) is 5.47. The highest BCUT2D eigenvalue weighted by atomic mass is 19.2. The lowest BCUT2D eigenvalue weighted by molar-refractivity contribution is -0.130. The molecule has 21 heavy (non-hydrogen) atoms. The van der Waals surface area contributed by atoms with E-state index in [1.165, 1.54) is 11.0 Å². The van der Waals surface area contributed by atoms with E-state index < -0.39 is 11.6 Å². The van der Waals surface area contributed by atoms with Gasteiger partial charge in [0.2, 0.25) is 5.91 Å². The second kappa shape index (κ2) is 6.78. The SMILES string of the molecule is CCC1CCC(=O)N(CC(=O)c2ccc(F)c(F)c2)CC1. The van der Waals surface area contributed by atoms with Crippen molar-refractivity contribution in [3.05, 3.63) is 35.4 Å². The Morgan fingerprint density at radius 3 is 2.71 bits per heavy atom. The first-order valence-electron chi connectivity index (χ1n) is 7.27. The number of ketones is 1. The molecule has 0 bridgehead atoms. The van der Waals surface area contributed by atoms with E-state index in [0.29, 0.717) is 18.9 Å². The van der Waals surface area contributed by atoms with Gasteiger partial charge in [-0.1, -0.05) is 13.3 Å². The molecule has 0 saturated carbocycles. The predicted molar refractivity (Wildman–Crippen MR) is 74.9 cm³/mol. The molecular formula is C16H19F2NO2. The number of rotatable bonds is 4. The van der Waals surface area contributed by atoms with Gasteiger partial charge in [-0.15, -0.1) is 0 Å². The first kappa shape index (κ1) is 15.6. The fourth-order valence-corrected chi connectivity index (χ4v) is 2.60. The van der Waals surface area contributed by atoms with Crippen LogP contribution in [0.3, 0.4) is 0 Å². The van der Waals surface area contributed by atoms with Crippen LogP contribution >= 0.6 is 0 Å². The van der Waals surface area contributed by atoms with Crippen molar-refractivity contribution in [1.82, 2.24) is 4.90 Å². The normalized spacial score (nSPS) is 19.5. The van der Waals surface area contributed by atoms with Crippen LogP contribution in [0, 0.1) is 17.6 Å². The zero-order chi connectivity index (χ0) is 15.4. The number of halogens is 2. The second-order valence-corrected chi connectivity index (χ2v) is 5.47. The Labute approximate surface area is 122 Å². The lowest BCUT2D eigenvalue weighted by atomic mass is 9.98. The third kappa shape index (κ3) is 3.86. The first-order chi connectivity index (χ1) is 10.0. The fraction of sp³-hybridized carbons (Fsp3) is 0.500. The van der Waals surface area contributed by atoms with Gasteiger partial charge in [0.25, 0.3) is 0 Å². The van der Waals surface area contributed by atoms with Gasteiger partial charge in [-0.3, -0.25) is 9.59 Å². The minimum absolute atomic E-state index is 0.0399. The smallest absolute Gasteiger partial charge is 0.222 e. The number of nitrogens with zero attached hydrogens (tertiary/aromatic N) is 1. The summed E-state index contributed by atoms with van der Waals surface area (Å²) in [5, 5.41) is 0. The maximum Gasteiger partial charge on any atom is 0.222 e. The van der Waals surface area contributed by atoms with Gasteiger partial charge >= 0.3 is 0 Å². The van der Waals surface area contributed by atoms with E-state index in [0.717, 1.165) is 31.4 Å². The molecule has 1 amide bonds. The molecule has 1 aromatic rings. The quantitative estimate of drug-likeness (QED) is 0.800. The highest BCUT2D eigenvalue weighted by Gasteiger charge is 2.23. The lowest BCUT2D eigenvalue weighted by Crippen LogP contribution is -2.35. The first-order valence-corrected chi connectivity index (χ1v) is 7.27. The van der Waals surface area contributed by atoms with Crippen molar-refractivity contribution in [3.8, 4) is 0 Å². The minimum Gasteiger partial charge on any atom is -0.335 e. The number of Topliss-reactive ketones (excluding diaryl/α,β-unsaturated/α-hetero) is 1. The monoisotopic (exact) mass is 295 g/mol. The van der Waals surface area contributed by atoms with Crippen molar-refractivity contribution in [2.75, 3.05) is 13.1 Å². The Hall–Kier alpha value is -1.78. The van der Waals surface area contributed by atoms with Crippen LogP contribution in [0.2, 0.25) is 0 Å². The summed E-state index contributed by atoms with van der Waals surface area (Å²) in [5.41, 5.74) is 0.0954. The van der Waals surface area contributed by atoms with Crippen molar-refractivity contribution >= 4 is 11.7 Å². The van der Waals surface area contributed by atoms with Gasteiger partial charge in [0.15, 0.2) is 17.4 Å². The molecule has 1 aliphatic heterocycles. The van der Waals surface area contributed by atoms with Crippen LogP contribution in [0.4, 0.5) is 8.78 Å². The summed E-state index contributed by atoms with van der Waals surface area (Å²) >= 11 is 0. The highest BCUT2D eigenvalue weighted by Crippen LogP contribution is 2.21. The van der Waals surface area contributed by atoms with Crippen molar-refractivity contribution in [3.63, 3.8) is 0 Å². The molecule has 3 nitrogen and oxygen atoms in total. The van der Waals surface area contributed by atoms with E-state index in [4.69, 9.17) is 0 Å². The van der Waals surface area contributed by atoms with Gasteiger partial charge in [0.1, 0.15) is 0 Å². The van der Waals surface area contributed by atoms with Crippen LogP contribution in [-0.2, 0) is 4.79 Å². The van der Waals surface area contributed by atoms with Crippen LogP contribution in [-0.4, -0.2) is 29.7 Å². The molecule has 0 radical (unpaired) electrons. The summed E-state index contributed by atoms with van der Waals surface area (Å²) in [4.78, 5) is 25.6. The van der Waals surface area contributed by atoms with Gasteiger partial charge in [-0.05, 0) is 37.0 Å². The van der Waals surface area contributed by atoms with Crippen LogP contribution in [0.15, 0.2) is 18.2 Å². The maximum absolute atomic E-state index is 13.1. The third-order valence-corrected chi connectivity index (χ3v) is 4.08. The summed E-state index contributed by atoms with van der Waals surface area (Å²) in [6.45, 7) is 2.57. The van der Waals surface area contributed by atoms with Crippen molar-refractivity contribution in [2.24, 2.45) is 5.92 Å². The van der Waals surface area contributed by atoms with Gasteiger partial charge < -0.3 is 4.90 Å². The Kier molecular flexibility index (Phi) is 5.04. The number of hydrogen-bond donors (Lipinski definition) is 0. The Balaban J connectivity index is 2.04. The third-order valence-electron chi connectivity index (χ3n) is 4.08. The van der Waals surface area contributed by atoms with Crippen LogP contribution in [0.1, 0.15) is 43.0 Å². The molecule has 0 spiro atoms. The summed E-state index contributed by atoms with van der Waals surface area (Å²) in [7, 11) is 0. The van der Waals surface area contributed by atoms with E-state index in [1.807, 2.05) is 0 Å². The molecular weight excluding hydrogens is 276 g/mol. The summed E-state index contributed by atoms with van der Waals surface area (Å²) < 4.78 is 26.0. The van der Waals surface area contributed by atoms with E-state index in [2.05, 4.69) is 6.92 Å². The number of amides is 1. The molecule has 1 aromatic carbocycles. The molecule has 0 aromatic heterocycles. The molecule has 0 N–H and O–H groups in total. The molecule has 0 aliphatic carbocycles. The molecule has 1 heterocycles. The van der Waals surface area contributed by atoms with Crippen molar-refractivity contribution < 1.29 is 18.4 Å². The van der Waals surface area contributed by atoms with E-state index >= 15 is 0 Å². The van der Waals surface area contributed by atoms with Gasteiger partial charge in [-0.25, -0.2) is 8.78 Å². The average Bonchev–Trinajstić information content (AvgIpc) is 2.64. The largest absolute Gasteiger partial charge is 0.335 e. The number of likely N-dealkylation sites (tertiary alicyclic amines) is 1. The Bertz CT molecular complexity index is 545. The van der Waals surface area contributed by atoms with Crippen molar-refractivity contribution in [1.29, 1.82) is 0 Å². The fourth-order valence-electron chi connectivity index (χ4n) is 2.60. The zero-order valence-electron chi connectivity index (χ0n) is 12.1. The van der Waals surface area contributed by atoms with Gasteiger partial charge in [0.05, 0.1) is 6.54 Å². The number of benzene rings is 1. The molecule has 1 aliphatic rings. The number of carbonyl (C=O) groups excluding carboxylic acids is 2. The van der Waals surface area contributed by atoms with Gasteiger partial charge in [0, 0.05) is 18.5 Å². The molecule has 1 saturated heterocycles. The number of carbonyl (C=O) groups is 2. The maximum atomic E-state index is 13.1. The van der Waals surface area contributed by atoms with Crippen molar-refractivity contribution in [2.45, 2.75) is 32.6 Å². The van der Waals surface area contributed by atoms with E-state index in [9.17, 15) is 18.4 Å². The molecule has 2 rings (SSSR count). The summed E-state index contributed by atoms with van der Waals surface area (Å²) in [5.74, 6) is -1.92. The summed E-state index contributed by atoms with van der Waals surface area (Å²) in [6, 6.07) is 3.06. The highest BCUT2D eigenvalue weighted by molar-refractivity contribution is 5.99. The topological polar surface area (TPSA) is 37.4 Å². The Morgan fingerprint density at radius 2 is 2.05 bits per heavy atom. The molecule has 1 unspecified atom stereocenters. The van der Waals surface area contributed by atoms with E-state index in [1.54, 1.807) is 0 Å². The molecule has 5 heteroatoms. The van der Waals surface area contributed by atoms with E-state index in [-0.39, 0.29) is 23.8 Å². The van der Waals surface area contributed by atoms with Crippen LogP contribution in [0.5, 0.6) is 0 Å². The molecule has 1 atom stereocenters. The molecule has 1 fully saturated rings. The van der Waals surface area contributed by atoms with Gasteiger partial charge in [-0.2, -0.15) is 0 Å². The minimum atomic E-state index is -1.05. The number of hydrogen-bond acceptors (Lipinski definition) is 2. The predicted octanol–water partition coefficient (Wildman–Crippen LogP) is 3.19. The van der Waals surface area contributed by atoms with Crippen LogP contribution in [0.25, 0.3) is 0 Å². The molecule has 114 valence electrons. The van der Waals surface area contributed by atoms with Crippen LogP contribution < -0.4 is 0 Å². The summed E-state index contributed by atoms with van der Waals surface area (Å²) in [6.07, 6.45) is 3.21. The zero-order valence-corrected chi connectivity index (χ0v) is 12.1. The average molecular weight is 295 g/mol.